The SMILES string of the molecule is COc1ccc(Cl)cc1C=NNC(=O)CCC(=O)Nc1ccccc1F. The van der Waals surface area contributed by atoms with Crippen molar-refractivity contribution in [2.75, 3.05) is 12.4 Å². The Bertz CT molecular complexity index is 827. The van der Waals surface area contributed by atoms with Crippen molar-refractivity contribution in [3.63, 3.8) is 0 Å². The number of carbonyl (C=O) groups is 2. The highest BCUT2D eigenvalue weighted by Crippen LogP contribution is 2.20. The molecule has 2 aromatic rings. The number of ether oxygens (including phenoxy) is 1. The lowest BCUT2D eigenvalue weighted by Crippen LogP contribution is -2.21. The lowest BCUT2D eigenvalue weighted by Gasteiger charge is -2.06. The molecule has 0 saturated heterocycles. The lowest BCUT2D eigenvalue weighted by molar-refractivity contribution is -0.124. The number of para-hydroxylation sites is 1. The topological polar surface area (TPSA) is 79.8 Å². The third kappa shape index (κ3) is 5.86. The Labute approximate surface area is 155 Å². The van der Waals surface area contributed by atoms with Crippen LogP contribution < -0.4 is 15.5 Å². The quantitative estimate of drug-likeness (QED) is 0.573. The van der Waals surface area contributed by atoms with E-state index in [1.165, 1.54) is 31.5 Å². The number of nitrogens with zero attached hydrogens (tertiary/aromatic N) is 1. The van der Waals surface area contributed by atoms with Gasteiger partial charge in [-0.2, -0.15) is 5.10 Å². The zero-order valence-electron chi connectivity index (χ0n) is 14.0. The van der Waals surface area contributed by atoms with E-state index in [1.54, 1.807) is 24.3 Å². The first-order chi connectivity index (χ1) is 12.5. The first-order valence-corrected chi connectivity index (χ1v) is 8.07. The van der Waals surface area contributed by atoms with Gasteiger partial charge >= 0.3 is 0 Å². The van der Waals surface area contributed by atoms with E-state index >= 15 is 0 Å². The van der Waals surface area contributed by atoms with Crippen LogP contribution in [0.2, 0.25) is 5.02 Å². The number of rotatable bonds is 7. The van der Waals surface area contributed by atoms with Crippen molar-refractivity contribution in [2.24, 2.45) is 5.10 Å². The molecule has 26 heavy (non-hydrogen) atoms. The number of carbonyl (C=O) groups excluding carboxylic acids is 2. The second-order valence-corrected chi connectivity index (χ2v) is 5.64. The van der Waals surface area contributed by atoms with Crippen LogP contribution in [0.3, 0.4) is 0 Å². The molecule has 0 saturated carbocycles. The molecule has 0 radical (unpaired) electrons. The van der Waals surface area contributed by atoms with Gasteiger partial charge in [0.15, 0.2) is 0 Å². The fourth-order valence-electron chi connectivity index (χ4n) is 2.04. The van der Waals surface area contributed by atoms with Gasteiger partial charge in [-0.25, -0.2) is 9.82 Å². The minimum atomic E-state index is -0.537. The van der Waals surface area contributed by atoms with Crippen molar-refractivity contribution in [3.05, 3.63) is 58.9 Å². The first kappa shape index (κ1) is 19.4. The monoisotopic (exact) mass is 377 g/mol. The molecule has 2 N–H and O–H groups in total. The third-order valence-corrected chi connectivity index (χ3v) is 3.55. The number of methoxy groups -OCH3 is 1. The van der Waals surface area contributed by atoms with E-state index in [9.17, 15) is 14.0 Å². The fourth-order valence-corrected chi connectivity index (χ4v) is 2.22. The molecule has 0 atom stereocenters. The van der Waals surface area contributed by atoms with Crippen LogP contribution >= 0.6 is 11.6 Å². The number of hydrogen-bond donors (Lipinski definition) is 2. The molecule has 136 valence electrons. The van der Waals surface area contributed by atoms with Crippen molar-refractivity contribution in [1.82, 2.24) is 5.43 Å². The van der Waals surface area contributed by atoms with E-state index in [4.69, 9.17) is 16.3 Å². The molecule has 8 heteroatoms. The van der Waals surface area contributed by atoms with Gasteiger partial charge in [0.2, 0.25) is 11.8 Å². The van der Waals surface area contributed by atoms with Crippen LogP contribution in [0.1, 0.15) is 18.4 Å². The highest BCUT2D eigenvalue weighted by Gasteiger charge is 2.09. The van der Waals surface area contributed by atoms with Gasteiger partial charge in [-0.05, 0) is 30.3 Å². The summed E-state index contributed by atoms with van der Waals surface area (Å²) < 4.78 is 18.6. The van der Waals surface area contributed by atoms with E-state index in [0.717, 1.165) is 0 Å². The zero-order valence-corrected chi connectivity index (χ0v) is 14.7. The van der Waals surface area contributed by atoms with Crippen LogP contribution in [0.15, 0.2) is 47.6 Å². The van der Waals surface area contributed by atoms with Crippen LogP contribution in [-0.2, 0) is 9.59 Å². The molecule has 2 rings (SSSR count). The minimum absolute atomic E-state index is 0.0731. The molecule has 0 fully saturated rings. The van der Waals surface area contributed by atoms with Crippen molar-refractivity contribution in [2.45, 2.75) is 12.8 Å². The van der Waals surface area contributed by atoms with Gasteiger partial charge in [0.25, 0.3) is 0 Å². The van der Waals surface area contributed by atoms with Crippen molar-refractivity contribution in [3.8, 4) is 5.75 Å². The number of nitrogens with one attached hydrogen (secondary N) is 2. The Balaban J connectivity index is 1.81. The van der Waals surface area contributed by atoms with Crippen molar-refractivity contribution >= 4 is 35.3 Å². The average molecular weight is 378 g/mol. The number of halogens is 2. The molecule has 0 aromatic heterocycles. The summed E-state index contributed by atoms with van der Waals surface area (Å²) in [6.07, 6.45) is 1.20. The van der Waals surface area contributed by atoms with Gasteiger partial charge in [-0.1, -0.05) is 23.7 Å². The predicted octanol–water partition coefficient (Wildman–Crippen LogP) is 3.36. The van der Waals surface area contributed by atoms with Crippen molar-refractivity contribution < 1.29 is 18.7 Å². The predicted molar refractivity (Wildman–Crippen MR) is 98.0 cm³/mol. The molecule has 0 unspecified atom stereocenters. The largest absolute Gasteiger partial charge is 0.496 e. The normalized spacial score (nSPS) is 10.6. The molecule has 0 aliphatic carbocycles. The van der Waals surface area contributed by atoms with Crippen LogP contribution in [-0.4, -0.2) is 25.1 Å². The van der Waals surface area contributed by atoms with E-state index in [2.05, 4.69) is 15.8 Å². The highest BCUT2D eigenvalue weighted by atomic mass is 35.5. The summed E-state index contributed by atoms with van der Waals surface area (Å²) in [6, 6.07) is 10.8. The van der Waals surface area contributed by atoms with Crippen molar-refractivity contribution in [1.29, 1.82) is 0 Å². The number of amides is 2. The van der Waals surface area contributed by atoms with E-state index < -0.39 is 17.6 Å². The number of anilines is 1. The standard InChI is InChI=1S/C18H17ClFN3O3/c1-26-16-7-6-13(19)10-12(16)11-21-23-18(25)9-8-17(24)22-15-5-3-2-4-14(15)20/h2-7,10-11H,8-9H2,1H3,(H,22,24)(H,23,25). The molecular weight excluding hydrogens is 361 g/mol. The highest BCUT2D eigenvalue weighted by molar-refractivity contribution is 6.30. The van der Waals surface area contributed by atoms with Gasteiger partial charge in [-0.3, -0.25) is 9.59 Å². The van der Waals surface area contributed by atoms with Gasteiger partial charge in [0.05, 0.1) is 19.0 Å². The Hall–Kier alpha value is -2.93. The van der Waals surface area contributed by atoms with Gasteiger partial charge < -0.3 is 10.1 Å². The molecule has 0 heterocycles. The molecule has 6 nitrogen and oxygen atoms in total. The molecule has 0 spiro atoms. The molecule has 0 bridgehead atoms. The summed E-state index contributed by atoms with van der Waals surface area (Å²) >= 11 is 5.90. The maximum Gasteiger partial charge on any atom is 0.240 e. The van der Waals surface area contributed by atoms with Crippen LogP contribution in [0.25, 0.3) is 0 Å². The summed E-state index contributed by atoms with van der Waals surface area (Å²) in [7, 11) is 1.51. The van der Waals surface area contributed by atoms with Gasteiger partial charge in [-0.15, -0.1) is 0 Å². The first-order valence-electron chi connectivity index (χ1n) is 7.69. The summed E-state index contributed by atoms with van der Waals surface area (Å²) in [5.41, 5.74) is 2.98. The molecule has 2 amide bonds. The average Bonchev–Trinajstić information content (AvgIpc) is 2.62. The third-order valence-electron chi connectivity index (χ3n) is 3.31. The smallest absolute Gasteiger partial charge is 0.240 e. The van der Waals surface area contributed by atoms with Crippen LogP contribution in [0.5, 0.6) is 5.75 Å². The summed E-state index contributed by atoms with van der Waals surface area (Å²) in [6.45, 7) is 0. The Morgan fingerprint density at radius 2 is 1.92 bits per heavy atom. The number of benzene rings is 2. The fraction of sp³-hybridized carbons (Fsp3) is 0.167. The van der Waals surface area contributed by atoms with Gasteiger partial charge in [0, 0.05) is 23.4 Å². The molecule has 0 aliphatic rings. The van der Waals surface area contributed by atoms with E-state index in [0.29, 0.717) is 16.3 Å². The van der Waals surface area contributed by atoms with E-state index in [1.807, 2.05) is 0 Å². The maximum atomic E-state index is 13.4. The van der Waals surface area contributed by atoms with Gasteiger partial charge in [0.1, 0.15) is 11.6 Å². The lowest BCUT2D eigenvalue weighted by atomic mass is 10.2. The second kappa shape index (κ2) is 9.53. The number of hydrogen-bond acceptors (Lipinski definition) is 4. The summed E-state index contributed by atoms with van der Waals surface area (Å²) in [4.78, 5) is 23.5. The van der Waals surface area contributed by atoms with Crippen LogP contribution in [0.4, 0.5) is 10.1 Å². The Kier molecular flexibility index (Phi) is 7.11. The Morgan fingerprint density at radius 1 is 1.19 bits per heavy atom. The molecular formula is C18H17ClFN3O3. The summed E-state index contributed by atoms with van der Waals surface area (Å²) in [5, 5.41) is 6.72. The molecule has 2 aromatic carbocycles. The second-order valence-electron chi connectivity index (χ2n) is 5.21. The maximum absolute atomic E-state index is 13.4. The van der Waals surface area contributed by atoms with E-state index in [-0.39, 0.29) is 18.5 Å². The number of hydrazone groups is 1. The zero-order chi connectivity index (χ0) is 18.9. The minimum Gasteiger partial charge on any atom is -0.496 e. The summed E-state index contributed by atoms with van der Waals surface area (Å²) in [5.74, 6) is -0.904. The molecule has 0 aliphatic heterocycles. The van der Waals surface area contributed by atoms with Crippen LogP contribution in [0, 0.1) is 5.82 Å². The Morgan fingerprint density at radius 3 is 2.65 bits per heavy atom.